The van der Waals surface area contributed by atoms with Gasteiger partial charge in [-0.1, -0.05) is 24.3 Å². The molecule has 35 heavy (non-hydrogen) atoms. The van der Waals surface area contributed by atoms with Crippen LogP contribution in [0.1, 0.15) is 49.1 Å². The number of aromatic nitrogens is 3. The highest BCUT2D eigenvalue weighted by molar-refractivity contribution is 5.67. The molecule has 4 atom stereocenters. The number of nitrogens with one attached hydrogen (secondary N) is 1. The third kappa shape index (κ3) is 5.24. The first-order chi connectivity index (χ1) is 17.1. The average Bonchev–Trinajstić information content (AvgIpc) is 2.87. The lowest BCUT2D eigenvalue weighted by Crippen LogP contribution is -2.44. The van der Waals surface area contributed by atoms with Gasteiger partial charge in [0.1, 0.15) is 12.1 Å². The van der Waals surface area contributed by atoms with Crippen molar-refractivity contribution >= 4 is 12.2 Å². The van der Waals surface area contributed by atoms with Gasteiger partial charge >= 0.3 is 6.09 Å². The number of ether oxygens (including phenoxy) is 1. The molecule has 1 aromatic carbocycles. The molecule has 0 spiro atoms. The Balaban J connectivity index is 1.34. The molecule has 7 heteroatoms. The van der Waals surface area contributed by atoms with Crippen LogP contribution in [0, 0.1) is 17.7 Å². The van der Waals surface area contributed by atoms with Crippen molar-refractivity contribution in [1.29, 1.82) is 0 Å². The Hall–Kier alpha value is -3.61. The summed E-state index contributed by atoms with van der Waals surface area (Å²) in [6.45, 7) is 2.19. The number of hydrogen-bond acceptors (Lipinski definition) is 5. The number of amides is 1. The van der Waals surface area contributed by atoms with Gasteiger partial charge in [0.25, 0.3) is 0 Å². The second kappa shape index (κ2) is 10.3. The number of carbonyl (C=O) groups excluding carboxylic acids is 1. The normalized spacial score (nSPS) is 23.4. The number of alkyl carbamates (subject to hydrolysis) is 1. The van der Waals surface area contributed by atoms with Crippen LogP contribution in [0.15, 0.2) is 61.2 Å². The van der Waals surface area contributed by atoms with E-state index in [0.717, 1.165) is 48.2 Å². The smallest absolute Gasteiger partial charge is 0.407 e. The van der Waals surface area contributed by atoms with Crippen molar-refractivity contribution in [2.45, 2.75) is 44.6 Å². The van der Waals surface area contributed by atoms with Crippen LogP contribution in [0.25, 0.3) is 17.2 Å². The van der Waals surface area contributed by atoms with Crippen molar-refractivity contribution in [2.75, 3.05) is 6.61 Å². The van der Waals surface area contributed by atoms with Gasteiger partial charge in [0.15, 0.2) is 0 Å². The minimum Gasteiger partial charge on any atom is -0.450 e. The first-order valence-corrected chi connectivity index (χ1v) is 12.2. The van der Waals surface area contributed by atoms with Crippen LogP contribution >= 0.6 is 0 Å². The van der Waals surface area contributed by atoms with E-state index in [9.17, 15) is 9.18 Å². The van der Waals surface area contributed by atoms with E-state index in [1.54, 1.807) is 18.6 Å². The monoisotopic (exact) mass is 472 g/mol. The number of allylic oxidation sites excluding steroid dienone is 1. The SMILES string of the molecule is CCOC(=O)N[C@@H]1CC[C@@H]2[C@H](Cc3cncnc3[C@H]2C=Cc2ccc(-c3cccc(F)c3)cn2)C1. The molecule has 5 rings (SSSR count). The van der Waals surface area contributed by atoms with Gasteiger partial charge in [-0.25, -0.2) is 19.2 Å². The van der Waals surface area contributed by atoms with E-state index >= 15 is 0 Å². The summed E-state index contributed by atoms with van der Waals surface area (Å²) in [5, 5.41) is 3.03. The summed E-state index contributed by atoms with van der Waals surface area (Å²) in [7, 11) is 0. The van der Waals surface area contributed by atoms with Crippen LogP contribution in [-0.2, 0) is 11.2 Å². The largest absolute Gasteiger partial charge is 0.450 e. The van der Waals surface area contributed by atoms with E-state index in [0.29, 0.717) is 18.4 Å². The Bertz CT molecular complexity index is 1210. The quantitative estimate of drug-likeness (QED) is 0.526. The van der Waals surface area contributed by atoms with E-state index in [4.69, 9.17) is 4.74 Å². The molecule has 2 aromatic heterocycles. The standard InChI is InChI=1S/C28H29FN4O2/c1-2-35-28(34)33-24-9-10-25-20(14-24)12-21-15-30-17-32-27(21)26(25)11-8-23-7-6-19(16-31-23)18-4-3-5-22(29)13-18/h3-8,11,13,15-17,20,24-26H,2,9-10,12,14H2,1H3,(H,33,34)/t20-,24-,25-,26+/m1/s1. The molecule has 3 aromatic rings. The number of halogens is 1. The summed E-state index contributed by atoms with van der Waals surface area (Å²) in [4.78, 5) is 25.4. The molecule has 0 radical (unpaired) electrons. The Morgan fingerprint density at radius 1 is 1.17 bits per heavy atom. The van der Waals surface area contributed by atoms with Crippen molar-refractivity contribution in [1.82, 2.24) is 20.3 Å². The molecule has 6 nitrogen and oxygen atoms in total. The van der Waals surface area contributed by atoms with E-state index in [2.05, 4.69) is 32.4 Å². The number of carbonyl (C=O) groups is 1. The highest BCUT2D eigenvalue weighted by atomic mass is 19.1. The lowest BCUT2D eigenvalue weighted by atomic mass is 9.64. The maximum Gasteiger partial charge on any atom is 0.407 e. The predicted molar refractivity (Wildman–Crippen MR) is 132 cm³/mol. The summed E-state index contributed by atoms with van der Waals surface area (Å²) >= 11 is 0. The molecular formula is C28H29FN4O2. The number of nitrogens with zero attached hydrogens (tertiary/aromatic N) is 3. The summed E-state index contributed by atoms with van der Waals surface area (Å²) < 4.78 is 18.6. The fourth-order valence-electron chi connectivity index (χ4n) is 5.55. The molecule has 2 heterocycles. The predicted octanol–water partition coefficient (Wildman–Crippen LogP) is 5.56. The number of benzene rings is 1. The van der Waals surface area contributed by atoms with Crippen molar-refractivity contribution in [3.8, 4) is 11.1 Å². The molecule has 0 aliphatic heterocycles. The molecule has 1 fully saturated rings. The van der Waals surface area contributed by atoms with E-state index in [1.807, 2.05) is 31.3 Å². The van der Waals surface area contributed by atoms with Gasteiger partial charge in [-0.05, 0) is 79.8 Å². The van der Waals surface area contributed by atoms with Gasteiger partial charge < -0.3 is 10.1 Å². The van der Waals surface area contributed by atoms with Crippen LogP contribution in [0.4, 0.5) is 9.18 Å². The van der Waals surface area contributed by atoms with Crippen molar-refractivity contribution < 1.29 is 13.9 Å². The zero-order valence-corrected chi connectivity index (χ0v) is 19.7. The first-order valence-electron chi connectivity index (χ1n) is 12.2. The average molecular weight is 473 g/mol. The van der Waals surface area contributed by atoms with Gasteiger partial charge in [0.2, 0.25) is 0 Å². The number of pyridine rings is 1. The topological polar surface area (TPSA) is 77.0 Å². The lowest BCUT2D eigenvalue weighted by molar-refractivity contribution is 0.128. The molecule has 180 valence electrons. The first kappa shape index (κ1) is 23.1. The van der Waals surface area contributed by atoms with Crippen LogP contribution in [0.2, 0.25) is 0 Å². The Morgan fingerprint density at radius 3 is 2.89 bits per heavy atom. The van der Waals surface area contributed by atoms with E-state index in [-0.39, 0.29) is 23.9 Å². The second-order valence-corrected chi connectivity index (χ2v) is 9.30. The van der Waals surface area contributed by atoms with Gasteiger partial charge in [0, 0.05) is 29.9 Å². The zero-order valence-electron chi connectivity index (χ0n) is 19.7. The molecule has 0 unspecified atom stereocenters. The maximum atomic E-state index is 13.6. The lowest BCUT2D eigenvalue weighted by Gasteiger charge is -2.43. The van der Waals surface area contributed by atoms with Crippen LogP contribution in [0.3, 0.4) is 0 Å². The number of fused-ring (bicyclic) bond motifs is 2. The van der Waals surface area contributed by atoms with E-state index in [1.165, 1.54) is 17.7 Å². The second-order valence-electron chi connectivity index (χ2n) is 9.30. The van der Waals surface area contributed by atoms with Crippen molar-refractivity contribution in [2.24, 2.45) is 11.8 Å². The third-order valence-corrected chi connectivity index (χ3v) is 7.14. The zero-order chi connectivity index (χ0) is 24.2. The Kier molecular flexibility index (Phi) is 6.84. The van der Waals surface area contributed by atoms with Crippen LogP contribution in [-0.4, -0.2) is 33.7 Å². The van der Waals surface area contributed by atoms with Gasteiger partial charge in [0.05, 0.1) is 18.0 Å². The van der Waals surface area contributed by atoms with Gasteiger partial charge in [-0.3, -0.25) is 4.98 Å². The Morgan fingerprint density at radius 2 is 2.09 bits per heavy atom. The number of hydrogen-bond donors (Lipinski definition) is 1. The van der Waals surface area contributed by atoms with Crippen molar-refractivity contribution in [3.05, 3.63) is 84.0 Å². The molecule has 1 saturated carbocycles. The summed E-state index contributed by atoms with van der Waals surface area (Å²) in [6, 6.07) is 10.6. The summed E-state index contributed by atoms with van der Waals surface area (Å²) in [5.41, 5.74) is 4.80. The summed E-state index contributed by atoms with van der Waals surface area (Å²) in [6.07, 6.45) is 13.0. The van der Waals surface area contributed by atoms with Crippen LogP contribution in [0.5, 0.6) is 0 Å². The molecule has 1 N–H and O–H groups in total. The molecule has 0 bridgehead atoms. The number of rotatable bonds is 5. The van der Waals surface area contributed by atoms with Gasteiger partial charge in [-0.15, -0.1) is 0 Å². The third-order valence-electron chi connectivity index (χ3n) is 7.14. The molecule has 2 aliphatic rings. The highest BCUT2D eigenvalue weighted by Crippen LogP contribution is 2.46. The minimum atomic E-state index is -0.334. The highest BCUT2D eigenvalue weighted by Gasteiger charge is 2.40. The maximum absolute atomic E-state index is 13.6. The molecular weight excluding hydrogens is 443 g/mol. The summed E-state index contributed by atoms with van der Waals surface area (Å²) in [5.74, 6) is 0.791. The molecule has 1 amide bonds. The van der Waals surface area contributed by atoms with Crippen molar-refractivity contribution in [3.63, 3.8) is 0 Å². The Labute approximate surface area is 204 Å². The molecule has 0 saturated heterocycles. The fraction of sp³-hybridized carbons (Fsp3) is 0.357. The van der Waals surface area contributed by atoms with Gasteiger partial charge in [-0.2, -0.15) is 0 Å². The minimum absolute atomic E-state index is 0.128. The van der Waals surface area contributed by atoms with Crippen LogP contribution < -0.4 is 5.32 Å². The molecule has 2 aliphatic carbocycles. The van der Waals surface area contributed by atoms with E-state index < -0.39 is 0 Å². The fourth-order valence-corrected chi connectivity index (χ4v) is 5.55.